The molecule has 0 spiro atoms. The Hall–Kier alpha value is -3.19. The van der Waals surface area contributed by atoms with Crippen molar-refractivity contribution in [2.24, 2.45) is 21.0 Å². The lowest BCUT2D eigenvalue weighted by Gasteiger charge is -2.04. The van der Waals surface area contributed by atoms with E-state index in [2.05, 4.69) is 52.6 Å². The second-order valence-electron chi connectivity index (χ2n) is 5.13. The molecule has 160 valence electrons. The maximum atomic E-state index is 8.47. The van der Waals surface area contributed by atoms with Crippen LogP contribution in [0.25, 0.3) is 0 Å². The zero-order chi connectivity index (χ0) is 22.5. The molecule has 2 aromatic carbocycles. The summed E-state index contributed by atoms with van der Waals surface area (Å²) < 4.78 is 12.3. The van der Waals surface area contributed by atoms with Gasteiger partial charge in [0.15, 0.2) is 0 Å². The van der Waals surface area contributed by atoms with Crippen molar-refractivity contribution >= 4 is 50.2 Å². The van der Waals surface area contributed by atoms with Crippen LogP contribution in [-0.2, 0) is 0 Å². The third-order valence-corrected chi connectivity index (χ3v) is 4.12. The largest absolute Gasteiger partial charge is 0.496 e. The molecule has 0 heterocycles. The van der Waals surface area contributed by atoms with Crippen LogP contribution in [-0.4, -0.2) is 48.1 Å². The van der Waals surface area contributed by atoms with Gasteiger partial charge in [0.25, 0.3) is 0 Å². The van der Waals surface area contributed by atoms with Crippen LogP contribution in [0, 0.1) is 4.91 Å². The third kappa shape index (κ3) is 9.34. The molecule has 2 rings (SSSR count). The van der Waals surface area contributed by atoms with Crippen molar-refractivity contribution in [1.29, 1.82) is 0 Å². The van der Waals surface area contributed by atoms with E-state index in [1.807, 2.05) is 36.4 Å². The Morgan fingerprint density at radius 3 is 1.97 bits per heavy atom. The molecule has 0 fully saturated rings. The van der Waals surface area contributed by atoms with Crippen LogP contribution in [0.15, 0.2) is 60.6 Å². The average Bonchev–Trinajstić information content (AvgIpc) is 2.68. The predicted octanol–water partition coefficient (Wildman–Crippen LogP) is 3.04. The maximum Gasteiger partial charge on any atom is 0.472 e. The number of benzene rings is 2. The van der Waals surface area contributed by atoms with Crippen molar-refractivity contribution in [3.05, 3.63) is 61.4 Å². The fraction of sp³-hybridized carbons (Fsp3) is 0.118. The predicted molar refractivity (Wildman–Crippen MR) is 119 cm³/mol. The van der Waals surface area contributed by atoms with Crippen LogP contribution >= 0.6 is 31.9 Å². The maximum absolute atomic E-state index is 8.47. The molecule has 30 heavy (non-hydrogen) atoms. The van der Waals surface area contributed by atoms with E-state index < -0.39 is 5.09 Å². The van der Waals surface area contributed by atoms with Gasteiger partial charge in [-0.1, -0.05) is 31.9 Å². The molecule has 0 saturated heterocycles. The van der Waals surface area contributed by atoms with Gasteiger partial charge < -0.3 is 15.2 Å². The van der Waals surface area contributed by atoms with Gasteiger partial charge in [0.05, 0.1) is 26.6 Å². The molecular weight excluding hydrogens is 528 g/mol. The van der Waals surface area contributed by atoms with Crippen molar-refractivity contribution in [1.82, 2.24) is 5.43 Å². The summed E-state index contributed by atoms with van der Waals surface area (Å²) in [7, 11) is 3.18. The third-order valence-electron chi connectivity index (χ3n) is 3.13. The summed E-state index contributed by atoms with van der Waals surface area (Å²) in [6, 6.07) is 11.1. The van der Waals surface area contributed by atoms with E-state index in [1.54, 1.807) is 26.6 Å². The number of halogens is 2. The average molecular weight is 547 g/mol. The summed E-state index contributed by atoms with van der Waals surface area (Å²) in [6.07, 6.45) is 3.12. The van der Waals surface area contributed by atoms with Gasteiger partial charge in [-0.2, -0.15) is 10.2 Å². The summed E-state index contributed by atoms with van der Waals surface area (Å²) in [5.74, 6) is 1.41. The Morgan fingerprint density at radius 1 is 1.03 bits per heavy atom. The van der Waals surface area contributed by atoms with E-state index in [9.17, 15) is 0 Å². The summed E-state index contributed by atoms with van der Waals surface area (Å²) in [5, 5.41) is 24.3. The lowest BCUT2D eigenvalue weighted by molar-refractivity contribution is -0.969. The Morgan fingerprint density at radius 2 is 1.50 bits per heavy atom. The van der Waals surface area contributed by atoms with Gasteiger partial charge in [-0.05, 0) is 36.4 Å². The molecule has 0 atom stereocenters. The molecule has 0 aromatic heterocycles. The highest BCUT2D eigenvalue weighted by Gasteiger charge is 2.01. The number of nitrogens with zero attached hydrogens (tertiary/aromatic N) is 4. The standard InChI is InChI=1S/C17H17Br2N5O2.H2NO3/c1-25-15-5-3-13(18)7-11(15)9-21-23-17(20)24-22-10-12-8-14(19)4-6-16(12)26-2;2-1(3)4/h3-10H,1-2H3,(H3,20,23,24);(H2,2,3,4)/q;+1/b21-9+,22-10+;. The number of rotatable bonds is 6. The molecule has 0 aliphatic rings. The molecule has 11 nitrogen and oxygen atoms in total. The van der Waals surface area contributed by atoms with Gasteiger partial charge in [-0.25, -0.2) is 15.8 Å². The first kappa shape index (κ1) is 24.8. The highest BCUT2D eigenvalue weighted by Crippen LogP contribution is 2.22. The number of hydrazone groups is 1. The van der Waals surface area contributed by atoms with E-state index in [0.717, 1.165) is 20.1 Å². The van der Waals surface area contributed by atoms with E-state index in [1.165, 1.54) is 0 Å². The molecular formula is C17H19Br2N6O5+. The summed E-state index contributed by atoms with van der Waals surface area (Å²) >= 11 is 6.80. The molecule has 0 bridgehead atoms. The number of nitrogens with two attached hydrogens (primary N) is 1. The zero-order valence-corrected chi connectivity index (χ0v) is 19.0. The van der Waals surface area contributed by atoms with Crippen LogP contribution in [0.2, 0.25) is 0 Å². The quantitative estimate of drug-likeness (QED) is 0.246. The highest BCUT2D eigenvalue weighted by molar-refractivity contribution is 9.10. The first-order valence-electron chi connectivity index (χ1n) is 7.94. The van der Waals surface area contributed by atoms with Gasteiger partial charge >= 0.3 is 5.09 Å². The van der Waals surface area contributed by atoms with Crippen molar-refractivity contribution in [3.63, 3.8) is 0 Å². The minimum absolute atomic E-state index is 0.0421. The molecule has 0 saturated carbocycles. The van der Waals surface area contributed by atoms with E-state index >= 15 is 0 Å². The number of methoxy groups -OCH3 is 2. The summed E-state index contributed by atoms with van der Waals surface area (Å²) in [5.41, 5.74) is 9.88. The Balaban J connectivity index is 0.00000103. The molecule has 0 unspecified atom stereocenters. The topological polar surface area (TPSA) is 154 Å². The number of hydrogen-bond donors (Lipinski definition) is 4. The Bertz CT molecular complexity index is 948. The zero-order valence-electron chi connectivity index (χ0n) is 15.9. The van der Waals surface area contributed by atoms with Crippen LogP contribution in [0.4, 0.5) is 0 Å². The van der Waals surface area contributed by atoms with E-state index in [0.29, 0.717) is 11.5 Å². The van der Waals surface area contributed by atoms with E-state index in [4.69, 9.17) is 30.5 Å². The number of guanidine groups is 1. The number of nitrogens with one attached hydrogen (secondary N) is 1. The van der Waals surface area contributed by atoms with Gasteiger partial charge in [-0.15, -0.1) is 5.10 Å². The normalized spacial score (nSPS) is 11.1. The summed E-state index contributed by atoms with van der Waals surface area (Å²) in [6.45, 7) is 0. The van der Waals surface area contributed by atoms with Crippen molar-refractivity contribution in [2.45, 2.75) is 0 Å². The molecule has 0 aliphatic heterocycles. The van der Waals surface area contributed by atoms with Crippen molar-refractivity contribution in [2.75, 3.05) is 14.2 Å². The van der Waals surface area contributed by atoms with Crippen molar-refractivity contribution < 1.29 is 25.0 Å². The minimum Gasteiger partial charge on any atom is -0.496 e. The van der Waals surface area contributed by atoms with Crippen LogP contribution in [0.1, 0.15) is 11.1 Å². The van der Waals surface area contributed by atoms with Gasteiger partial charge in [0.1, 0.15) is 16.4 Å². The van der Waals surface area contributed by atoms with Crippen LogP contribution in [0.5, 0.6) is 11.5 Å². The second-order valence-corrected chi connectivity index (χ2v) is 6.96. The number of ether oxygens (including phenoxy) is 2. The molecule has 0 aliphatic carbocycles. The first-order chi connectivity index (χ1) is 14.3. The van der Waals surface area contributed by atoms with Crippen LogP contribution < -0.4 is 20.6 Å². The minimum atomic E-state index is -1.25. The second kappa shape index (κ2) is 13.1. The molecule has 13 heteroatoms. The smallest absolute Gasteiger partial charge is 0.472 e. The summed E-state index contributed by atoms with van der Waals surface area (Å²) in [4.78, 5) is 8.47. The Kier molecular flexibility index (Phi) is 10.9. The van der Waals surface area contributed by atoms with Crippen LogP contribution in [0.3, 0.4) is 0 Å². The molecule has 2 aromatic rings. The highest BCUT2D eigenvalue weighted by atomic mass is 79.9. The lowest BCUT2D eigenvalue weighted by Crippen LogP contribution is -2.26. The fourth-order valence-electron chi connectivity index (χ4n) is 1.96. The molecule has 0 amide bonds. The van der Waals surface area contributed by atoms with Crippen molar-refractivity contribution in [3.8, 4) is 11.5 Å². The fourth-order valence-corrected chi connectivity index (χ4v) is 2.71. The SMILES string of the molecule is COc1ccc(Br)cc1/C=N/N=C(\N)N/N=C/c1cc(Br)ccc1OC.O=[N+](O)O. The monoisotopic (exact) mass is 545 g/mol. The first-order valence-corrected chi connectivity index (χ1v) is 9.53. The Labute approximate surface area is 188 Å². The van der Waals surface area contributed by atoms with Gasteiger partial charge in [-0.3, -0.25) is 0 Å². The van der Waals surface area contributed by atoms with Gasteiger partial charge in [0.2, 0.25) is 5.96 Å². The lowest BCUT2D eigenvalue weighted by atomic mass is 10.2. The molecule has 0 radical (unpaired) electrons. The molecule has 5 N–H and O–H groups in total. The van der Waals surface area contributed by atoms with E-state index in [-0.39, 0.29) is 5.96 Å². The van der Waals surface area contributed by atoms with Gasteiger partial charge in [0, 0.05) is 20.1 Å². The number of hydrogen-bond acceptors (Lipinski definition) is 6.